The summed E-state index contributed by atoms with van der Waals surface area (Å²) in [4.78, 5) is 5.09. The summed E-state index contributed by atoms with van der Waals surface area (Å²) in [5, 5.41) is 4.72. The van der Waals surface area contributed by atoms with Crippen LogP contribution in [-0.4, -0.2) is 60.7 Å². The molecule has 1 saturated heterocycles. The quantitative estimate of drug-likeness (QED) is 0.525. The van der Waals surface area contributed by atoms with Gasteiger partial charge in [-0.1, -0.05) is 48.5 Å². The van der Waals surface area contributed by atoms with Gasteiger partial charge in [-0.05, 0) is 55.3 Å². The van der Waals surface area contributed by atoms with Crippen LogP contribution in [0.1, 0.15) is 18.4 Å². The van der Waals surface area contributed by atoms with Gasteiger partial charge < -0.3 is 9.64 Å². The number of nitrogens with zero attached hydrogens (tertiary/aromatic N) is 4. The van der Waals surface area contributed by atoms with Crippen LogP contribution in [0.25, 0.3) is 0 Å². The molecule has 5 rings (SSSR count). The van der Waals surface area contributed by atoms with E-state index in [1.54, 1.807) is 0 Å². The molecule has 33 heavy (non-hydrogen) atoms. The van der Waals surface area contributed by atoms with Gasteiger partial charge in [0.2, 0.25) is 0 Å². The molecule has 0 aromatic heterocycles. The number of hydrogen-bond donors (Lipinski definition) is 0. The Bertz CT molecular complexity index is 992. The molecule has 0 atom stereocenters. The van der Waals surface area contributed by atoms with Gasteiger partial charge in [-0.25, -0.2) is 5.01 Å². The van der Waals surface area contributed by atoms with Gasteiger partial charge in [0, 0.05) is 45.5 Å². The van der Waals surface area contributed by atoms with Gasteiger partial charge in [-0.2, -0.15) is 0 Å². The summed E-state index contributed by atoms with van der Waals surface area (Å²) < 4.78 is 6.19. The Kier molecular flexibility index (Phi) is 7.09. The van der Waals surface area contributed by atoms with Gasteiger partial charge >= 0.3 is 0 Å². The Hall–Kier alpha value is -3.02. The van der Waals surface area contributed by atoms with Gasteiger partial charge in [0.25, 0.3) is 0 Å². The summed E-state index contributed by atoms with van der Waals surface area (Å²) in [7, 11) is 0. The van der Waals surface area contributed by atoms with Gasteiger partial charge in [-0.3, -0.25) is 9.91 Å². The lowest BCUT2D eigenvalue weighted by atomic mass is 10.2. The fraction of sp³-hybridized carbons (Fsp3) is 0.357. The van der Waals surface area contributed by atoms with E-state index in [0.29, 0.717) is 6.61 Å². The van der Waals surface area contributed by atoms with Crippen LogP contribution in [0.3, 0.4) is 0 Å². The topological polar surface area (TPSA) is 22.2 Å². The van der Waals surface area contributed by atoms with Crippen molar-refractivity contribution >= 4 is 5.69 Å². The van der Waals surface area contributed by atoms with E-state index in [1.165, 1.54) is 36.3 Å². The standard InChI is InChI=1S/C28H34N4O/c1-2-10-25(11-3-1)24-33-28-14-5-4-13-27(28)30-22-20-29(21-23-30)16-8-9-17-31-19-15-26-12-6-7-18-32(26)31/h1-7,10-15,18H,8-9,16-17,19-24H2. The summed E-state index contributed by atoms with van der Waals surface area (Å²) in [6.07, 6.45) is 13.4. The second-order valence-electron chi connectivity index (χ2n) is 8.86. The van der Waals surface area contributed by atoms with Crippen LogP contribution in [0.15, 0.2) is 90.8 Å². The molecule has 5 heteroatoms. The van der Waals surface area contributed by atoms with E-state index in [-0.39, 0.29) is 0 Å². The maximum absolute atomic E-state index is 6.19. The van der Waals surface area contributed by atoms with Crippen molar-refractivity contribution in [3.63, 3.8) is 0 Å². The molecule has 0 unspecified atom stereocenters. The van der Waals surface area contributed by atoms with Gasteiger partial charge in [0.15, 0.2) is 0 Å². The lowest BCUT2D eigenvalue weighted by Gasteiger charge is -2.37. The SMILES string of the molecule is C1=CC2=CCN(CCCCN3CCN(c4ccccc4OCc4ccccc4)CC3)N2C=C1. The normalized spacial score (nSPS) is 18.5. The first-order valence-electron chi connectivity index (χ1n) is 12.2. The van der Waals surface area contributed by atoms with Crippen LogP contribution in [0.2, 0.25) is 0 Å². The molecule has 3 aliphatic heterocycles. The predicted molar refractivity (Wildman–Crippen MR) is 135 cm³/mol. The molecule has 172 valence electrons. The highest BCUT2D eigenvalue weighted by molar-refractivity contribution is 5.58. The number of piperazine rings is 1. The number of allylic oxidation sites excluding steroid dienone is 3. The summed E-state index contributed by atoms with van der Waals surface area (Å²) in [6, 6.07) is 18.9. The maximum Gasteiger partial charge on any atom is 0.143 e. The van der Waals surface area contributed by atoms with Gasteiger partial charge in [0.1, 0.15) is 12.4 Å². The molecule has 5 nitrogen and oxygen atoms in total. The Morgan fingerprint density at radius 2 is 1.58 bits per heavy atom. The van der Waals surface area contributed by atoms with Crippen molar-refractivity contribution in [2.24, 2.45) is 0 Å². The van der Waals surface area contributed by atoms with Gasteiger partial charge in [-0.15, -0.1) is 0 Å². The van der Waals surface area contributed by atoms with E-state index >= 15 is 0 Å². The number of anilines is 1. The van der Waals surface area contributed by atoms with E-state index in [4.69, 9.17) is 4.74 Å². The number of hydrazine groups is 1. The van der Waals surface area contributed by atoms with E-state index in [0.717, 1.165) is 45.0 Å². The van der Waals surface area contributed by atoms with Crippen molar-refractivity contribution in [2.45, 2.75) is 19.4 Å². The average Bonchev–Trinajstić information content (AvgIpc) is 3.30. The van der Waals surface area contributed by atoms with Crippen molar-refractivity contribution in [1.29, 1.82) is 0 Å². The number of ether oxygens (including phenoxy) is 1. The number of unbranched alkanes of at least 4 members (excludes halogenated alkanes) is 1. The number of fused-ring (bicyclic) bond motifs is 1. The zero-order chi connectivity index (χ0) is 22.3. The first kappa shape index (κ1) is 21.8. The average molecular weight is 443 g/mol. The number of benzene rings is 2. The Labute approximate surface area is 197 Å². The minimum atomic E-state index is 0.607. The maximum atomic E-state index is 6.19. The van der Waals surface area contributed by atoms with E-state index in [2.05, 4.69) is 98.9 Å². The van der Waals surface area contributed by atoms with Crippen molar-refractivity contribution in [1.82, 2.24) is 14.9 Å². The third-order valence-corrected chi connectivity index (χ3v) is 6.64. The van der Waals surface area contributed by atoms with Crippen LogP contribution in [0.4, 0.5) is 5.69 Å². The molecule has 0 N–H and O–H groups in total. The van der Waals surface area contributed by atoms with Crippen LogP contribution >= 0.6 is 0 Å². The van der Waals surface area contributed by atoms with Crippen molar-refractivity contribution in [2.75, 3.05) is 50.7 Å². The molecule has 3 heterocycles. The molecule has 0 saturated carbocycles. The number of rotatable bonds is 9. The first-order valence-corrected chi connectivity index (χ1v) is 12.2. The summed E-state index contributed by atoms with van der Waals surface area (Å²) in [6.45, 7) is 8.26. The van der Waals surface area contributed by atoms with Crippen LogP contribution in [0, 0.1) is 0 Å². The molecule has 0 aliphatic carbocycles. The van der Waals surface area contributed by atoms with Crippen molar-refractivity contribution < 1.29 is 4.74 Å². The minimum Gasteiger partial charge on any atom is -0.487 e. The van der Waals surface area contributed by atoms with Crippen LogP contribution in [-0.2, 0) is 6.61 Å². The summed E-state index contributed by atoms with van der Waals surface area (Å²) in [5.41, 5.74) is 3.72. The van der Waals surface area contributed by atoms with Gasteiger partial charge in [0.05, 0.1) is 11.4 Å². The van der Waals surface area contributed by atoms with Crippen molar-refractivity contribution in [3.8, 4) is 5.75 Å². The molecule has 0 radical (unpaired) electrons. The lowest BCUT2D eigenvalue weighted by molar-refractivity contribution is 0.0897. The lowest BCUT2D eigenvalue weighted by Crippen LogP contribution is -2.46. The van der Waals surface area contributed by atoms with Crippen LogP contribution in [0.5, 0.6) is 5.75 Å². The fourth-order valence-corrected chi connectivity index (χ4v) is 4.77. The molecule has 0 spiro atoms. The minimum absolute atomic E-state index is 0.607. The zero-order valence-corrected chi connectivity index (χ0v) is 19.4. The third kappa shape index (κ3) is 5.49. The molecular weight excluding hydrogens is 408 g/mol. The van der Waals surface area contributed by atoms with E-state index in [9.17, 15) is 0 Å². The molecule has 3 aliphatic rings. The fourth-order valence-electron chi connectivity index (χ4n) is 4.77. The van der Waals surface area contributed by atoms with Crippen LogP contribution < -0.4 is 9.64 Å². The Morgan fingerprint density at radius 1 is 0.788 bits per heavy atom. The van der Waals surface area contributed by atoms with E-state index < -0.39 is 0 Å². The monoisotopic (exact) mass is 442 g/mol. The second kappa shape index (κ2) is 10.7. The Balaban J connectivity index is 1.05. The summed E-state index contributed by atoms with van der Waals surface area (Å²) >= 11 is 0. The molecule has 2 aromatic carbocycles. The highest BCUT2D eigenvalue weighted by atomic mass is 16.5. The third-order valence-electron chi connectivity index (χ3n) is 6.64. The van der Waals surface area contributed by atoms with Crippen molar-refractivity contribution in [3.05, 3.63) is 96.4 Å². The number of para-hydroxylation sites is 2. The number of hydrogen-bond acceptors (Lipinski definition) is 5. The highest BCUT2D eigenvalue weighted by Crippen LogP contribution is 2.29. The molecule has 0 bridgehead atoms. The highest BCUT2D eigenvalue weighted by Gasteiger charge is 2.22. The Morgan fingerprint density at radius 3 is 2.45 bits per heavy atom. The molecular formula is C28H34N4O. The first-order chi connectivity index (χ1) is 16.4. The predicted octanol–water partition coefficient (Wildman–Crippen LogP) is 4.67. The van der Waals surface area contributed by atoms with E-state index in [1.807, 2.05) is 6.07 Å². The molecule has 2 aromatic rings. The molecule has 1 fully saturated rings. The summed E-state index contributed by atoms with van der Waals surface area (Å²) in [5.74, 6) is 0.981. The smallest absolute Gasteiger partial charge is 0.143 e. The molecule has 0 amide bonds. The largest absolute Gasteiger partial charge is 0.487 e. The second-order valence-corrected chi connectivity index (χ2v) is 8.86. The zero-order valence-electron chi connectivity index (χ0n) is 19.4.